The number of halogens is 1. The van der Waals surface area contributed by atoms with Crippen molar-refractivity contribution < 1.29 is 14.1 Å². The van der Waals surface area contributed by atoms with Crippen molar-refractivity contribution in [1.82, 2.24) is 5.43 Å². The molecule has 3 aromatic rings. The average Bonchev–Trinajstić information content (AvgIpc) is 3.11. The molecule has 1 N–H and O–H groups in total. The second kappa shape index (κ2) is 7.62. The van der Waals surface area contributed by atoms with Gasteiger partial charge in [0, 0.05) is 28.3 Å². The number of hydrogen-bond acceptors (Lipinski definition) is 5. The topological polar surface area (TPSA) is 97.7 Å². The zero-order chi connectivity index (χ0) is 18.5. The SMILES string of the molecule is O=C(N/N=C\c1ccc(-c2cccc([N+](=O)[O-])c2)o1)c1ccc(Cl)cc1. The molecule has 7 nitrogen and oxygen atoms in total. The van der Waals surface area contributed by atoms with Gasteiger partial charge in [0.05, 0.1) is 11.1 Å². The van der Waals surface area contributed by atoms with Gasteiger partial charge in [0.25, 0.3) is 11.6 Å². The standard InChI is InChI=1S/C18H12ClN3O4/c19-14-6-4-12(5-7-14)18(23)21-20-11-16-8-9-17(26-16)13-2-1-3-15(10-13)22(24)25/h1-11H,(H,21,23)/b20-11-. The second-order valence-corrected chi connectivity index (χ2v) is 5.65. The highest BCUT2D eigenvalue weighted by molar-refractivity contribution is 6.30. The second-order valence-electron chi connectivity index (χ2n) is 5.22. The molecule has 0 radical (unpaired) electrons. The van der Waals surface area contributed by atoms with E-state index in [9.17, 15) is 14.9 Å². The minimum atomic E-state index is -0.471. The molecule has 0 aliphatic heterocycles. The van der Waals surface area contributed by atoms with Crippen molar-refractivity contribution in [3.05, 3.63) is 87.1 Å². The number of hydrogen-bond donors (Lipinski definition) is 1. The third-order valence-electron chi connectivity index (χ3n) is 3.43. The molecule has 1 amide bonds. The van der Waals surface area contributed by atoms with Gasteiger partial charge in [-0.05, 0) is 36.4 Å². The summed E-state index contributed by atoms with van der Waals surface area (Å²) in [5.41, 5.74) is 3.35. The van der Waals surface area contributed by atoms with Crippen LogP contribution in [-0.2, 0) is 0 Å². The number of nitrogens with zero attached hydrogens (tertiary/aromatic N) is 2. The molecular weight excluding hydrogens is 358 g/mol. The summed E-state index contributed by atoms with van der Waals surface area (Å²) < 4.78 is 5.57. The molecule has 2 aromatic carbocycles. The Morgan fingerprint density at radius 3 is 2.65 bits per heavy atom. The Bertz CT molecular complexity index is 980. The summed E-state index contributed by atoms with van der Waals surface area (Å²) in [6.07, 6.45) is 1.34. The molecule has 1 aromatic heterocycles. The van der Waals surface area contributed by atoms with Crippen LogP contribution in [0.1, 0.15) is 16.1 Å². The summed E-state index contributed by atoms with van der Waals surface area (Å²) in [6.45, 7) is 0. The van der Waals surface area contributed by atoms with Crippen molar-refractivity contribution in [2.24, 2.45) is 5.10 Å². The summed E-state index contributed by atoms with van der Waals surface area (Å²) in [7, 11) is 0. The van der Waals surface area contributed by atoms with Crippen molar-refractivity contribution in [2.45, 2.75) is 0 Å². The maximum Gasteiger partial charge on any atom is 0.271 e. The van der Waals surface area contributed by atoms with Crippen LogP contribution < -0.4 is 5.43 Å². The van der Waals surface area contributed by atoms with Crippen LogP contribution in [0.15, 0.2) is 70.2 Å². The third-order valence-corrected chi connectivity index (χ3v) is 3.68. The van der Waals surface area contributed by atoms with E-state index in [0.29, 0.717) is 27.7 Å². The Hall–Kier alpha value is -3.45. The molecule has 0 aliphatic carbocycles. The van der Waals surface area contributed by atoms with Gasteiger partial charge in [0.1, 0.15) is 11.5 Å². The predicted octanol–water partition coefficient (Wildman–Crippen LogP) is 4.27. The molecule has 1 heterocycles. The number of non-ortho nitro benzene ring substituents is 1. The van der Waals surface area contributed by atoms with E-state index in [2.05, 4.69) is 10.5 Å². The van der Waals surface area contributed by atoms with E-state index in [4.69, 9.17) is 16.0 Å². The fourth-order valence-corrected chi connectivity index (χ4v) is 2.30. The number of nitro groups is 1. The zero-order valence-electron chi connectivity index (χ0n) is 13.3. The lowest BCUT2D eigenvalue weighted by molar-refractivity contribution is -0.384. The van der Waals surface area contributed by atoms with E-state index in [1.54, 1.807) is 48.5 Å². The van der Waals surface area contributed by atoms with Crippen LogP contribution in [0, 0.1) is 10.1 Å². The van der Waals surface area contributed by atoms with Crippen LogP contribution in [0.3, 0.4) is 0 Å². The number of rotatable bonds is 5. The van der Waals surface area contributed by atoms with Crippen molar-refractivity contribution in [3.8, 4) is 11.3 Å². The van der Waals surface area contributed by atoms with Crippen LogP contribution in [-0.4, -0.2) is 17.0 Å². The molecule has 8 heteroatoms. The molecule has 3 rings (SSSR count). The number of hydrazone groups is 1. The Kier molecular flexibility index (Phi) is 5.09. The van der Waals surface area contributed by atoms with Gasteiger partial charge in [-0.1, -0.05) is 23.7 Å². The molecular formula is C18H12ClN3O4. The van der Waals surface area contributed by atoms with Gasteiger partial charge in [-0.15, -0.1) is 0 Å². The smallest absolute Gasteiger partial charge is 0.271 e. The van der Waals surface area contributed by atoms with Crippen molar-refractivity contribution >= 4 is 29.4 Å². The number of furan rings is 1. The lowest BCUT2D eigenvalue weighted by atomic mass is 10.1. The molecule has 26 heavy (non-hydrogen) atoms. The van der Waals surface area contributed by atoms with E-state index in [0.717, 1.165) is 0 Å². The monoisotopic (exact) mass is 369 g/mol. The number of nitrogens with one attached hydrogen (secondary N) is 1. The first-order chi connectivity index (χ1) is 12.5. The maximum atomic E-state index is 11.9. The molecule has 0 aliphatic rings. The third kappa shape index (κ3) is 4.14. The predicted molar refractivity (Wildman–Crippen MR) is 97.3 cm³/mol. The van der Waals surface area contributed by atoms with E-state index >= 15 is 0 Å². The van der Waals surface area contributed by atoms with E-state index < -0.39 is 4.92 Å². The summed E-state index contributed by atoms with van der Waals surface area (Å²) in [4.78, 5) is 22.3. The van der Waals surface area contributed by atoms with Crippen LogP contribution in [0.4, 0.5) is 5.69 Å². The first-order valence-electron chi connectivity index (χ1n) is 7.46. The minimum Gasteiger partial charge on any atom is -0.455 e. The van der Waals surface area contributed by atoms with Gasteiger partial charge in [0.2, 0.25) is 0 Å². The highest BCUT2D eigenvalue weighted by atomic mass is 35.5. The molecule has 0 fully saturated rings. The van der Waals surface area contributed by atoms with Gasteiger partial charge in [-0.25, -0.2) is 5.43 Å². The molecule has 0 saturated carbocycles. The lowest BCUT2D eigenvalue weighted by Crippen LogP contribution is -2.17. The van der Waals surface area contributed by atoms with E-state index in [1.807, 2.05) is 0 Å². The van der Waals surface area contributed by atoms with Crippen molar-refractivity contribution in [3.63, 3.8) is 0 Å². The number of carbonyl (C=O) groups excluding carboxylic acids is 1. The molecule has 0 atom stereocenters. The van der Waals surface area contributed by atoms with Crippen molar-refractivity contribution in [2.75, 3.05) is 0 Å². The van der Waals surface area contributed by atoms with Gasteiger partial charge in [-0.3, -0.25) is 14.9 Å². The largest absolute Gasteiger partial charge is 0.455 e. The summed E-state index contributed by atoms with van der Waals surface area (Å²) in [5, 5.41) is 15.2. The first kappa shape index (κ1) is 17.4. The molecule has 0 bridgehead atoms. The molecule has 0 spiro atoms. The molecule has 130 valence electrons. The summed E-state index contributed by atoms with van der Waals surface area (Å²) >= 11 is 5.77. The number of amides is 1. The number of nitro benzene ring substituents is 1. The lowest BCUT2D eigenvalue weighted by Gasteiger charge is -1.99. The quantitative estimate of drug-likeness (QED) is 0.412. The number of benzene rings is 2. The number of carbonyl (C=O) groups is 1. The Morgan fingerprint density at radius 1 is 1.15 bits per heavy atom. The summed E-state index contributed by atoms with van der Waals surface area (Å²) in [6, 6.07) is 15.8. The van der Waals surface area contributed by atoms with Crippen LogP contribution in [0.25, 0.3) is 11.3 Å². The van der Waals surface area contributed by atoms with Crippen molar-refractivity contribution in [1.29, 1.82) is 0 Å². The Morgan fingerprint density at radius 2 is 1.92 bits per heavy atom. The van der Waals surface area contributed by atoms with E-state index in [-0.39, 0.29) is 11.6 Å². The molecule has 0 unspecified atom stereocenters. The fraction of sp³-hybridized carbons (Fsp3) is 0. The van der Waals surface area contributed by atoms with Crippen LogP contribution in [0.5, 0.6) is 0 Å². The molecule has 0 saturated heterocycles. The van der Waals surface area contributed by atoms with Crippen LogP contribution in [0.2, 0.25) is 5.02 Å². The minimum absolute atomic E-state index is 0.0238. The van der Waals surface area contributed by atoms with E-state index in [1.165, 1.54) is 18.3 Å². The fourth-order valence-electron chi connectivity index (χ4n) is 2.17. The Balaban J connectivity index is 1.67. The van der Waals surface area contributed by atoms with Gasteiger partial charge in [-0.2, -0.15) is 5.10 Å². The summed E-state index contributed by atoms with van der Waals surface area (Å²) in [5.74, 6) is 0.463. The highest BCUT2D eigenvalue weighted by Gasteiger charge is 2.10. The maximum absolute atomic E-state index is 11.9. The average molecular weight is 370 g/mol. The van der Waals surface area contributed by atoms with Crippen LogP contribution >= 0.6 is 11.6 Å². The highest BCUT2D eigenvalue weighted by Crippen LogP contribution is 2.25. The van der Waals surface area contributed by atoms with Gasteiger partial charge >= 0.3 is 0 Å². The Labute approximate surface area is 153 Å². The zero-order valence-corrected chi connectivity index (χ0v) is 14.0. The van der Waals surface area contributed by atoms with Gasteiger partial charge < -0.3 is 4.42 Å². The first-order valence-corrected chi connectivity index (χ1v) is 7.84. The van der Waals surface area contributed by atoms with Gasteiger partial charge in [0.15, 0.2) is 0 Å². The normalized spacial score (nSPS) is 10.8.